The Morgan fingerprint density at radius 1 is 0.839 bits per heavy atom. The lowest BCUT2D eigenvalue weighted by Crippen LogP contribution is -2.17. The zero-order chi connectivity index (χ0) is 24.3. The molecule has 1 unspecified atom stereocenters. The fourth-order valence-corrected chi connectivity index (χ4v) is 2.32. The van der Waals surface area contributed by atoms with E-state index in [0.29, 0.717) is 45.9 Å². The summed E-state index contributed by atoms with van der Waals surface area (Å²) in [6, 6.07) is 0. The van der Waals surface area contributed by atoms with E-state index in [1.807, 2.05) is 33.8 Å². The molecule has 0 amide bonds. The number of carbonyl (C=O) groups excluding carboxylic acids is 2. The predicted octanol–water partition coefficient (Wildman–Crippen LogP) is 3.31. The number of aliphatic hydroxyl groups is 1. The summed E-state index contributed by atoms with van der Waals surface area (Å²) < 4.78 is 35.6. The molecular formula is C21H42O9P+. The molecule has 184 valence electrons. The van der Waals surface area contributed by atoms with E-state index in [2.05, 4.69) is 4.74 Å². The summed E-state index contributed by atoms with van der Waals surface area (Å²) in [4.78, 5) is 20.5. The Hall–Kier alpha value is -1.22. The maximum absolute atomic E-state index is 10.4. The van der Waals surface area contributed by atoms with Crippen LogP contribution in [0.2, 0.25) is 0 Å². The minimum absolute atomic E-state index is 0.0448. The molecule has 0 aromatic carbocycles. The first-order valence-corrected chi connectivity index (χ1v) is 12.4. The number of ether oxygens (including phenoxy) is 5. The zero-order valence-corrected chi connectivity index (χ0v) is 20.8. The van der Waals surface area contributed by atoms with Gasteiger partial charge in [0.2, 0.25) is 6.16 Å². The van der Waals surface area contributed by atoms with E-state index in [-0.39, 0.29) is 31.3 Å². The molecule has 9 nitrogen and oxygen atoms in total. The van der Waals surface area contributed by atoms with Gasteiger partial charge in [0.15, 0.2) is 12.6 Å². The van der Waals surface area contributed by atoms with Crippen LogP contribution in [0, 0.1) is 0 Å². The van der Waals surface area contributed by atoms with Crippen molar-refractivity contribution in [1.82, 2.24) is 0 Å². The Balaban J connectivity index is -0.000000384. The molecule has 0 spiro atoms. The summed E-state index contributed by atoms with van der Waals surface area (Å²) in [6.07, 6.45) is 4.90. The maximum atomic E-state index is 10.4. The van der Waals surface area contributed by atoms with Crippen molar-refractivity contribution in [1.29, 1.82) is 0 Å². The molecule has 0 aromatic heterocycles. The lowest BCUT2D eigenvalue weighted by molar-refractivity contribution is -0.145. The minimum Gasteiger partial charge on any atom is -0.463 e. The topological polar surface area (TPSA) is 118 Å². The van der Waals surface area contributed by atoms with Gasteiger partial charge in [-0.25, -0.2) is 4.79 Å². The Labute approximate surface area is 188 Å². The van der Waals surface area contributed by atoms with Crippen LogP contribution in [0.3, 0.4) is 0 Å². The average molecular weight is 470 g/mol. The van der Waals surface area contributed by atoms with Gasteiger partial charge in [0.25, 0.3) is 0 Å². The highest BCUT2D eigenvalue weighted by atomic mass is 31.1. The van der Waals surface area contributed by atoms with Gasteiger partial charge in [0.05, 0.1) is 19.6 Å². The van der Waals surface area contributed by atoms with Crippen LogP contribution < -0.4 is 0 Å². The van der Waals surface area contributed by atoms with E-state index in [9.17, 15) is 14.2 Å². The van der Waals surface area contributed by atoms with Gasteiger partial charge in [-0.3, -0.25) is 0 Å². The van der Waals surface area contributed by atoms with E-state index in [1.54, 1.807) is 13.0 Å². The van der Waals surface area contributed by atoms with Crippen molar-refractivity contribution in [2.24, 2.45) is 0 Å². The largest absolute Gasteiger partial charge is 0.463 e. The molecule has 0 aromatic rings. The van der Waals surface area contributed by atoms with Crippen LogP contribution in [0.5, 0.6) is 0 Å². The van der Waals surface area contributed by atoms with Gasteiger partial charge in [-0.2, -0.15) is 0 Å². The van der Waals surface area contributed by atoms with Gasteiger partial charge < -0.3 is 33.6 Å². The highest BCUT2D eigenvalue weighted by Gasteiger charge is 2.14. The molecule has 10 heteroatoms. The molecule has 0 aliphatic rings. The highest BCUT2D eigenvalue weighted by molar-refractivity contribution is 7.44. The fourth-order valence-electron chi connectivity index (χ4n) is 1.86. The lowest BCUT2D eigenvalue weighted by Gasteiger charge is -2.14. The van der Waals surface area contributed by atoms with Crippen molar-refractivity contribution in [3.8, 4) is 0 Å². The van der Waals surface area contributed by atoms with Crippen molar-refractivity contribution in [3.63, 3.8) is 0 Å². The first-order chi connectivity index (χ1) is 14.9. The van der Waals surface area contributed by atoms with Gasteiger partial charge in [-0.1, -0.05) is 16.7 Å². The minimum atomic E-state index is -1.38. The van der Waals surface area contributed by atoms with E-state index >= 15 is 0 Å². The Morgan fingerprint density at radius 3 is 1.61 bits per heavy atom. The molecule has 0 saturated carbocycles. The number of hydrogen-bond donors (Lipinski definition) is 1. The van der Waals surface area contributed by atoms with Crippen LogP contribution in [0.25, 0.3) is 0 Å². The maximum Gasteiger partial charge on any atom is 0.354 e. The second kappa shape index (κ2) is 28.8. The second-order valence-corrected chi connectivity index (χ2v) is 7.14. The van der Waals surface area contributed by atoms with Crippen LogP contribution in [0.15, 0.2) is 12.2 Å². The molecule has 0 heterocycles. The number of carbonyl (C=O) groups is 2. The first kappa shape index (κ1) is 34.4. The summed E-state index contributed by atoms with van der Waals surface area (Å²) in [6.45, 7) is 13.7. The normalized spacial score (nSPS) is 10.9. The van der Waals surface area contributed by atoms with Gasteiger partial charge in [0.1, 0.15) is 13.0 Å². The Kier molecular flexibility index (Phi) is 31.9. The van der Waals surface area contributed by atoms with Crippen LogP contribution in [0.1, 0.15) is 47.5 Å². The SMILES string of the molecule is CCOC(=O)C[P+](C)=O.CCOC(C/C=C/CO)OCC.CCOC(CC=O)OCC. The zero-order valence-electron chi connectivity index (χ0n) is 19.9. The third kappa shape index (κ3) is 31.1. The Morgan fingerprint density at radius 2 is 1.29 bits per heavy atom. The summed E-state index contributed by atoms with van der Waals surface area (Å²) in [7, 11) is -1.38. The van der Waals surface area contributed by atoms with Crippen LogP contribution in [-0.4, -0.2) is 82.4 Å². The molecule has 1 atom stereocenters. The van der Waals surface area contributed by atoms with Crippen molar-refractivity contribution >= 4 is 20.1 Å². The van der Waals surface area contributed by atoms with Gasteiger partial charge in [0, 0.05) is 32.8 Å². The number of hydrogen-bond acceptors (Lipinski definition) is 9. The fraction of sp³-hybridized carbons (Fsp3) is 0.810. The molecule has 31 heavy (non-hydrogen) atoms. The van der Waals surface area contributed by atoms with Gasteiger partial charge >= 0.3 is 13.8 Å². The van der Waals surface area contributed by atoms with Crippen LogP contribution >= 0.6 is 7.80 Å². The van der Waals surface area contributed by atoms with E-state index in [0.717, 1.165) is 6.29 Å². The van der Waals surface area contributed by atoms with Crippen LogP contribution in [-0.2, 0) is 37.8 Å². The lowest BCUT2D eigenvalue weighted by atomic mass is 10.3. The van der Waals surface area contributed by atoms with Gasteiger partial charge in [-0.05, 0) is 34.6 Å². The smallest absolute Gasteiger partial charge is 0.354 e. The van der Waals surface area contributed by atoms with Crippen molar-refractivity contribution < 1.29 is 42.9 Å². The molecular weight excluding hydrogens is 427 g/mol. The molecule has 0 rings (SSSR count). The summed E-state index contributed by atoms with van der Waals surface area (Å²) in [5, 5.41) is 8.47. The number of aliphatic hydroxyl groups excluding tert-OH is 1. The molecule has 0 saturated heterocycles. The molecule has 0 aliphatic heterocycles. The highest BCUT2D eigenvalue weighted by Crippen LogP contribution is 2.12. The molecule has 0 aliphatic carbocycles. The third-order valence-electron chi connectivity index (χ3n) is 2.96. The van der Waals surface area contributed by atoms with Crippen molar-refractivity contribution in [3.05, 3.63) is 12.2 Å². The van der Waals surface area contributed by atoms with Gasteiger partial charge in [-0.15, -0.1) is 0 Å². The van der Waals surface area contributed by atoms with Crippen molar-refractivity contribution in [2.45, 2.75) is 60.0 Å². The predicted molar refractivity (Wildman–Crippen MR) is 121 cm³/mol. The van der Waals surface area contributed by atoms with E-state index in [4.69, 9.17) is 24.1 Å². The number of rotatable bonds is 16. The summed E-state index contributed by atoms with van der Waals surface area (Å²) >= 11 is 0. The monoisotopic (exact) mass is 469 g/mol. The van der Waals surface area contributed by atoms with Crippen LogP contribution in [0.4, 0.5) is 0 Å². The third-order valence-corrected chi connectivity index (χ3v) is 3.66. The number of aldehydes is 1. The molecule has 0 fully saturated rings. The quantitative estimate of drug-likeness (QED) is 0.119. The second-order valence-electron chi connectivity index (χ2n) is 5.56. The van der Waals surface area contributed by atoms with E-state index in [1.165, 1.54) is 6.66 Å². The summed E-state index contributed by atoms with van der Waals surface area (Å²) in [5.41, 5.74) is 0. The molecule has 1 N–H and O–H groups in total. The van der Waals surface area contributed by atoms with Crippen molar-refractivity contribution in [2.75, 3.05) is 52.5 Å². The summed E-state index contributed by atoms with van der Waals surface area (Å²) in [5.74, 6) is -0.374. The number of esters is 1. The molecule has 0 radical (unpaired) electrons. The first-order valence-electron chi connectivity index (χ1n) is 10.6. The standard InChI is InChI=1S/C9H18O3.C7H14O3.C5H10O3P/c1-3-11-9(12-4-2)7-5-6-8-10;1-3-9-7(5-6-8)10-4-2;1-3-8-5(6)4-9(2)7/h5-6,9-10H,3-4,7-8H2,1-2H3;6-7H,3-5H2,1-2H3;3-4H2,1-2H3/q;;+1/b6-5+;;. The average Bonchev–Trinajstić information content (AvgIpc) is 2.70. The molecule has 0 bridgehead atoms. The Bertz CT molecular complexity index is 433. The van der Waals surface area contributed by atoms with E-state index < -0.39 is 7.80 Å².